The van der Waals surface area contributed by atoms with Crippen molar-refractivity contribution >= 4 is 34.8 Å². The van der Waals surface area contributed by atoms with E-state index in [0.717, 1.165) is 10.6 Å². The van der Waals surface area contributed by atoms with Gasteiger partial charge in [0.25, 0.3) is 0 Å². The van der Waals surface area contributed by atoms with Crippen LogP contribution in [0.5, 0.6) is 0 Å². The number of carbonyl (C=O) groups excluding carboxylic acids is 1. The SMILES string of the molecule is Cc1nc(NC(=O)[C@H](C)N)sc1Cc1ccccc1F.Cl. The van der Waals surface area contributed by atoms with Gasteiger partial charge in [0.05, 0.1) is 11.7 Å². The highest BCUT2D eigenvalue weighted by Gasteiger charge is 2.14. The highest BCUT2D eigenvalue weighted by atomic mass is 35.5. The Kier molecular flexibility index (Phi) is 6.26. The number of amides is 1. The van der Waals surface area contributed by atoms with Crippen molar-refractivity contribution in [2.24, 2.45) is 5.73 Å². The number of rotatable bonds is 4. The number of aryl methyl sites for hydroxylation is 1. The molecule has 7 heteroatoms. The zero-order valence-electron chi connectivity index (χ0n) is 11.7. The quantitative estimate of drug-likeness (QED) is 0.906. The fourth-order valence-electron chi connectivity index (χ4n) is 1.68. The van der Waals surface area contributed by atoms with Gasteiger partial charge >= 0.3 is 0 Å². The van der Waals surface area contributed by atoms with Gasteiger partial charge in [-0.2, -0.15) is 0 Å². The van der Waals surface area contributed by atoms with Gasteiger partial charge in [-0.25, -0.2) is 9.37 Å². The van der Waals surface area contributed by atoms with E-state index in [1.165, 1.54) is 17.4 Å². The lowest BCUT2D eigenvalue weighted by Gasteiger charge is -2.03. The van der Waals surface area contributed by atoms with Crippen molar-refractivity contribution in [3.05, 3.63) is 46.2 Å². The number of nitrogens with two attached hydrogens (primary N) is 1. The second-order valence-corrected chi connectivity index (χ2v) is 5.66. The summed E-state index contributed by atoms with van der Waals surface area (Å²) >= 11 is 1.34. The fourth-order valence-corrected chi connectivity index (χ4v) is 2.67. The summed E-state index contributed by atoms with van der Waals surface area (Å²) in [5.74, 6) is -0.516. The van der Waals surface area contributed by atoms with E-state index in [1.54, 1.807) is 25.1 Å². The van der Waals surface area contributed by atoms with Crippen LogP contribution in [0, 0.1) is 12.7 Å². The number of thiazole rings is 1. The van der Waals surface area contributed by atoms with Crippen LogP contribution in [-0.4, -0.2) is 16.9 Å². The van der Waals surface area contributed by atoms with Crippen molar-refractivity contribution in [1.29, 1.82) is 0 Å². The maximum atomic E-state index is 13.6. The summed E-state index contributed by atoms with van der Waals surface area (Å²) in [6.45, 7) is 3.45. The minimum absolute atomic E-state index is 0. The number of anilines is 1. The first-order valence-corrected chi connectivity index (χ1v) is 7.05. The van der Waals surface area contributed by atoms with Gasteiger partial charge in [0.2, 0.25) is 5.91 Å². The summed E-state index contributed by atoms with van der Waals surface area (Å²) in [7, 11) is 0. The Labute approximate surface area is 133 Å². The summed E-state index contributed by atoms with van der Waals surface area (Å²) in [6.07, 6.45) is 0.463. The van der Waals surface area contributed by atoms with Crippen molar-refractivity contribution in [2.45, 2.75) is 26.3 Å². The van der Waals surface area contributed by atoms with Gasteiger partial charge in [0.15, 0.2) is 5.13 Å². The second kappa shape index (κ2) is 7.49. The summed E-state index contributed by atoms with van der Waals surface area (Å²) in [6, 6.07) is 6.05. The Morgan fingerprint density at radius 2 is 2.14 bits per heavy atom. The molecular formula is C14H17ClFN3OS. The molecule has 0 aliphatic rings. The average Bonchev–Trinajstić information content (AvgIpc) is 2.72. The predicted octanol–water partition coefficient (Wildman–Crippen LogP) is 2.89. The molecule has 4 nitrogen and oxygen atoms in total. The Hall–Kier alpha value is -1.50. The van der Waals surface area contributed by atoms with Crippen LogP contribution >= 0.6 is 23.7 Å². The third-order valence-corrected chi connectivity index (χ3v) is 3.92. The first kappa shape index (κ1) is 17.6. The van der Waals surface area contributed by atoms with E-state index in [2.05, 4.69) is 10.3 Å². The van der Waals surface area contributed by atoms with Gasteiger partial charge in [-0.15, -0.1) is 23.7 Å². The van der Waals surface area contributed by atoms with E-state index in [0.29, 0.717) is 17.1 Å². The standard InChI is InChI=1S/C14H16FN3OS.ClH/c1-8(16)13(19)18-14-17-9(2)12(20-14)7-10-5-3-4-6-11(10)15;/h3-6,8H,7,16H2,1-2H3,(H,17,18,19);1H/t8-;/m0./s1. The Morgan fingerprint density at radius 1 is 1.48 bits per heavy atom. The van der Waals surface area contributed by atoms with Crippen LogP contribution in [0.4, 0.5) is 9.52 Å². The van der Waals surface area contributed by atoms with Crippen LogP contribution in [0.3, 0.4) is 0 Å². The van der Waals surface area contributed by atoms with E-state index in [1.807, 2.05) is 6.92 Å². The van der Waals surface area contributed by atoms with Gasteiger partial charge in [-0.05, 0) is 25.5 Å². The minimum atomic E-state index is -0.589. The molecule has 0 aliphatic heterocycles. The number of halogens is 2. The molecule has 114 valence electrons. The molecule has 0 bridgehead atoms. The molecule has 2 rings (SSSR count). The maximum Gasteiger partial charge on any atom is 0.242 e. The molecule has 0 radical (unpaired) electrons. The third-order valence-electron chi connectivity index (χ3n) is 2.85. The molecule has 1 aromatic heterocycles. The summed E-state index contributed by atoms with van der Waals surface area (Å²) in [5.41, 5.74) is 6.89. The van der Waals surface area contributed by atoms with Crippen LogP contribution in [-0.2, 0) is 11.2 Å². The zero-order valence-corrected chi connectivity index (χ0v) is 13.4. The number of aromatic nitrogens is 1. The number of benzene rings is 1. The van der Waals surface area contributed by atoms with Crippen molar-refractivity contribution < 1.29 is 9.18 Å². The van der Waals surface area contributed by atoms with E-state index >= 15 is 0 Å². The van der Waals surface area contributed by atoms with Crippen molar-refractivity contribution in [1.82, 2.24) is 4.98 Å². The number of carbonyl (C=O) groups is 1. The highest BCUT2D eigenvalue weighted by molar-refractivity contribution is 7.15. The van der Waals surface area contributed by atoms with E-state index in [-0.39, 0.29) is 24.1 Å². The van der Waals surface area contributed by atoms with E-state index in [9.17, 15) is 9.18 Å². The van der Waals surface area contributed by atoms with Gasteiger partial charge in [0, 0.05) is 11.3 Å². The molecule has 0 unspecified atom stereocenters. The van der Waals surface area contributed by atoms with Crippen molar-refractivity contribution in [3.8, 4) is 0 Å². The van der Waals surface area contributed by atoms with E-state index in [4.69, 9.17) is 5.73 Å². The average molecular weight is 330 g/mol. The molecule has 1 aromatic carbocycles. The summed E-state index contributed by atoms with van der Waals surface area (Å²) in [5, 5.41) is 3.15. The zero-order chi connectivity index (χ0) is 14.7. The Morgan fingerprint density at radius 3 is 2.76 bits per heavy atom. The third kappa shape index (κ3) is 4.49. The first-order chi connectivity index (χ1) is 9.47. The van der Waals surface area contributed by atoms with Crippen molar-refractivity contribution in [2.75, 3.05) is 5.32 Å². The Balaban J connectivity index is 0.00000220. The molecule has 3 N–H and O–H groups in total. The van der Waals surface area contributed by atoms with Crippen LogP contribution < -0.4 is 11.1 Å². The van der Waals surface area contributed by atoms with Crippen LogP contribution in [0.15, 0.2) is 24.3 Å². The normalized spacial score (nSPS) is 11.6. The topological polar surface area (TPSA) is 68.0 Å². The molecule has 0 aliphatic carbocycles. The minimum Gasteiger partial charge on any atom is -0.320 e. The molecule has 1 atom stereocenters. The molecular weight excluding hydrogens is 313 g/mol. The number of nitrogens with one attached hydrogen (secondary N) is 1. The smallest absolute Gasteiger partial charge is 0.242 e. The molecule has 1 amide bonds. The first-order valence-electron chi connectivity index (χ1n) is 6.23. The molecule has 0 saturated heterocycles. The monoisotopic (exact) mass is 329 g/mol. The van der Waals surface area contributed by atoms with Gasteiger partial charge in [-0.3, -0.25) is 4.79 Å². The van der Waals surface area contributed by atoms with Crippen molar-refractivity contribution in [3.63, 3.8) is 0 Å². The number of hydrogen-bond donors (Lipinski definition) is 2. The second-order valence-electron chi connectivity index (χ2n) is 4.57. The lowest BCUT2D eigenvalue weighted by molar-refractivity contribution is -0.117. The fraction of sp³-hybridized carbons (Fsp3) is 0.286. The molecule has 0 fully saturated rings. The summed E-state index contributed by atoms with van der Waals surface area (Å²) in [4.78, 5) is 16.7. The Bertz CT molecular complexity index is 630. The van der Waals surface area contributed by atoms with E-state index < -0.39 is 6.04 Å². The largest absolute Gasteiger partial charge is 0.320 e. The lowest BCUT2D eigenvalue weighted by atomic mass is 10.1. The molecule has 1 heterocycles. The molecule has 21 heavy (non-hydrogen) atoms. The molecule has 0 saturated carbocycles. The van der Waals surface area contributed by atoms with Crippen LogP contribution in [0.1, 0.15) is 23.1 Å². The number of hydrogen-bond acceptors (Lipinski definition) is 4. The lowest BCUT2D eigenvalue weighted by Crippen LogP contribution is -2.32. The predicted molar refractivity (Wildman–Crippen MR) is 85.6 cm³/mol. The van der Waals surface area contributed by atoms with Gasteiger partial charge in [0.1, 0.15) is 5.82 Å². The highest BCUT2D eigenvalue weighted by Crippen LogP contribution is 2.26. The summed E-state index contributed by atoms with van der Waals surface area (Å²) < 4.78 is 13.6. The number of nitrogens with zero attached hydrogens (tertiary/aromatic N) is 1. The van der Waals surface area contributed by atoms with Gasteiger partial charge in [-0.1, -0.05) is 18.2 Å². The van der Waals surface area contributed by atoms with Crippen LogP contribution in [0.25, 0.3) is 0 Å². The van der Waals surface area contributed by atoms with Crippen LogP contribution in [0.2, 0.25) is 0 Å². The maximum absolute atomic E-state index is 13.6. The van der Waals surface area contributed by atoms with Gasteiger partial charge < -0.3 is 11.1 Å². The molecule has 2 aromatic rings. The molecule has 0 spiro atoms.